The van der Waals surface area contributed by atoms with Crippen LogP contribution in [-0.2, 0) is 0 Å². The summed E-state index contributed by atoms with van der Waals surface area (Å²) in [6, 6.07) is 7.66. The third-order valence-electron chi connectivity index (χ3n) is 2.76. The lowest BCUT2D eigenvalue weighted by molar-refractivity contribution is 0.101. The zero-order valence-corrected chi connectivity index (χ0v) is 11.2. The number of Topliss-reactive ketones (excluding diaryl/α,β-unsaturated/α-hetero) is 1. The lowest BCUT2D eigenvalue weighted by Crippen LogP contribution is -2.25. The molecule has 0 radical (unpaired) electrons. The maximum absolute atomic E-state index is 11.7. The van der Waals surface area contributed by atoms with Crippen molar-refractivity contribution in [1.82, 2.24) is 0 Å². The van der Waals surface area contributed by atoms with Gasteiger partial charge in [0.1, 0.15) is 5.75 Å². The van der Waals surface area contributed by atoms with Crippen molar-refractivity contribution in [3.8, 4) is 11.8 Å². The van der Waals surface area contributed by atoms with Crippen LogP contribution in [0.25, 0.3) is 0 Å². The quantitative estimate of drug-likeness (QED) is 0.749. The molecule has 0 fully saturated rings. The number of nitrogens with zero attached hydrogens (tertiary/aromatic N) is 2. The van der Waals surface area contributed by atoms with Crippen molar-refractivity contribution >= 4 is 11.5 Å². The summed E-state index contributed by atoms with van der Waals surface area (Å²) in [5, 5.41) is 8.84. The van der Waals surface area contributed by atoms with Crippen molar-refractivity contribution in [3.63, 3.8) is 0 Å². The smallest absolute Gasteiger partial charge is 0.165 e. The molecule has 0 amide bonds. The van der Waals surface area contributed by atoms with E-state index < -0.39 is 0 Å². The number of hydrogen-bond acceptors (Lipinski definition) is 4. The van der Waals surface area contributed by atoms with Gasteiger partial charge in [-0.3, -0.25) is 4.79 Å². The number of methoxy groups -OCH3 is 1. The Bertz CT molecular complexity index is 477. The molecule has 0 heterocycles. The maximum atomic E-state index is 11.7. The molecular weight excluding hydrogens is 228 g/mol. The summed E-state index contributed by atoms with van der Waals surface area (Å²) >= 11 is 0. The molecule has 1 rings (SSSR count). The number of carbonyl (C=O) groups is 1. The molecule has 4 nitrogen and oxygen atoms in total. The topological polar surface area (TPSA) is 53.3 Å². The van der Waals surface area contributed by atoms with Gasteiger partial charge in [0.25, 0.3) is 0 Å². The van der Waals surface area contributed by atoms with Gasteiger partial charge in [-0.25, -0.2) is 0 Å². The van der Waals surface area contributed by atoms with Crippen LogP contribution in [0, 0.1) is 17.2 Å². The molecule has 0 saturated heterocycles. The number of rotatable bonds is 5. The van der Waals surface area contributed by atoms with Crippen LogP contribution in [0.1, 0.15) is 24.2 Å². The fourth-order valence-corrected chi connectivity index (χ4v) is 1.91. The number of ketones is 1. The molecule has 1 aromatic carbocycles. The Morgan fingerprint density at radius 2 is 2.22 bits per heavy atom. The van der Waals surface area contributed by atoms with E-state index in [9.17, 15) is 4.79 Å². The van der Waals surface area contributed by atoms with Crippen LogP contribution in [0.2, 0.25) is 0 Å². The largest absolute Gasteiger partial charge is 0.496 e. The highest BCUT2D eigenvalue weighted by molar-refractivity contribution is 6.02. The Kier molecular flexibility index (Phi) is 4.73. The monoisotopic (exact) mass is 246 g/mol. The lowest BCUT2D eigenvalue weighted by atomic mass is 10.1. The second-order valence-corrected chi connectivity index (χ2v) is 4.32. The van der Waals surface area contributed by atoms with Gasteiger partial charge in [0.05, 0.1) is 30.3 Å². The number of anilines is 1. The molecule has 96 valence electrons. The Hall–Kier alpha value is -2.02. The molecule has 0 spiro atoms. The van der Waals surface area contributed by atoms with E-state index in [1.54, 1.807) is 13.2 Å². The van der Waals surface area contributed by atoms with Gasteiger partial charge in [-0.2, -0.15) is 5.26 Å². The third kappa shape index (κ3) is 3.01. The van der Waals surface area contributed by atoms with Crippen molar-refractivity contribution in [2.45, 2.75) is 13.8 Å². The molecule has 0 N–H and O–H groups in total. The molecule has 0 aliphatic heterocycles. The first-order chi connectivity index (χ1) is 8.51. The van der Waals surface area contributed by atoms with E-state index in [1.807, 2.05) is 31.0 Å². The summed E-state index contributed by atoms with van der Waals surface area (Å²) in [6.45, 7) is 3.94. The molecule has 0 aromatic heterocycles. The Balaban J connectivity index is 3.16. The molecule has 0 aliphatic rings. The number of ether oxygens (including phenoxy) is 1. The van der Waals surface area contributed by atoms with Gasteiger partial charge in [0.15, 0.2) is 5.78 Å². The zero-order valence-electron chi connectivity index (χ0n) is 11.2. The van der Waals surface area contributed by atoms with Crippen LogP contribution < -0.4 is 9.64 Å². The van der Waals surface area contributed by atoms with Crippen LogP contribution >= 0.6 is 0 Å². The van der Waals surface area contributed by atoms with Gasteiger partial charge in [-0.1, -0.05) is 6.07 Å². The summed E-state index contributed by atoms with van der Waals surface area (Å²) in [6.07, 6.45) is 0. The first-order valence-corrected chi connectivity index (χ1v) is 5.80. The zero-order chi connectivity index (χ0) is 13.7. The third-order valence-corrected chi connectivity index (χ3v) is 2.76. The SMILES string of the molecule is COc1cccc(N(C)CC(C)C#N)c1C(C)=O. The van der Waals surface area contributed by atoms with Gasteiger partial charge in [-0.15, -0.1) is 0 Å². The summed E-state index contributed by atoms with van der Waals surface area (Å²) in [5.74, 6) is 0.427. The fourth-order valence-electron chi connectivity index (χ4n) is 1.91. The predicted molar refractivity (Wildman–Crippen MR) is 71.0 cm³/mol. The Labute approximate surface area is 108 Å². The summed E-state index contributed by atoms with van der Waals surface area (Å²) in [7, 11) is 3.42. The highest BCUT2D eigenvalue weighted by atomic mass is 16.5. The lowest BCUT2D eigenvalue weighted by Gasteiger charge is -2.23. The molecule has 4 heteroatoms. The molecule has 1 aromatic rings. The van der Waals surface area contributed by atoms with Gasteiger partial charge in [0, 0.05) is 13.6 Å². The van der Waals surface area contributed by atoms with E-state index >= 15 is 0 Å². The predicted octanol–water partition coefficient (Wildman–Crippen LogP) is 2.49. The average molecular weight is 246 g/mol. The normalized spacial score (nSPS) is 11.5. The van der Waals surface area contributed by atoms with E-state index in [0.717, 1.165) is 5.69 Å². The number of carbonyl (C=O) groups excluding carboxylic acids is 1. The summed E-state index contributed by atoms with van der Waals surface area (Å²) in [4.78, 5) is 13.6. The van der Waals surface area contributed by atoms with Crippen LogP contribution in [0.3, 0.4) is 0 Å². The van der Waals surface area contributed by atoms with Gasteiger partial charge in [0.2, 0.25) is 0 Å². The summed E-state index contributed by atoms with van der Waals surface area (Å²) in [5.41, 5.74) is 1.36. The first-order valence-electron chi connectivity index (χ1n) is 5.80. The first kappa shape index (κ1) is 14.0. The van der Waals surface area contributed by atoms with Crippen molar-refractivity contribution < 1.29 is 9.53 Å². The highest BCUT2D eigenvalue weighted by Gasteiger charge is 2.17. The van der Waals surface area contributed by atoms with Crippen LogP contribution in [0.4, 0.5) is 5.69 Å². The second-order valence-electron chi connectivity index (χ2n) is 4.32. The van der Waals surface area contributed by atoms with E-state index in [1.165, 1.54) is 6.92 Å². The van der Waals surface area contributed by atoms with E-state index in [-0.39, 0.29) is 11.7 Å². The van der Waals surface area contributed by atoms with Crippen LogP contribution in [0.5, 0.6) is 5.75 Å². The van der Waals surface area contributed by atoms with Crippen molar-refractivity contribution in [2.75, 3.05) is 25.6 Å². The van der Waals surface area contributed by atoms with Gasteiger partial charge < -0.3 is 9.64 Å². The van der Waals surface area contributed by atoms with Crippen molar-refractivity contribution in [2.24, 2.45) is 5.92 Å². The minimum absolute atomic E-state index is 0.0427. The minimum atomic E-state index is -0.0963. The average Bonchev–Trinajstić information content (AvgIpc) is 2.37. The van der Waals surface area contributed by atoms with E-state index in [0.29, 0.717) is 17.9 Å². The van der Waals surface area contributed by atoms with Gasteiger partial charge in [-0.05, 0) is 26.0 Å². The highest BCUT2D eigenvalue weighted by Crippen LogP contribution is 2.29. The second kappa shape index (κ2) is 6.06. The maximum Gasteiger partial charge on any atom is 0.165 e. The van der Waals surface area contributed by atoms with E-state index in [2.05, 4.69) is 6.07 Å². The van der Waals surface area contributed by atoms with Crippen molar-refractivity contribution in [1.29, 1.82) is 5.26 Å². The van der Waals surface area contributed by atoms with Gasteiger partial charge >= 0.3 is 0 Å². The van der Waals surface area contributed by atoms with E-state index in [4.69, 9.17) is 10.00 Å². The molecule has 18 heavy (non-hydrogen) atoms. The number of nitriles is 1. The van der Waals surface area contributed by atoms with Crippen molar-refractivity contribution in [3.05, 3.63) is 23.8 Å². The molecule has 1 unspecified atom stereocenters. The number of hydrogen-bond donors (Lipinski definition) is 0. The van der Waals surface area contributed by atoms with Crippen LogP contribution in [0.15, 0.2) is 18.2 Å². The summed E-state index contributed by atoms with van der Waals surface area (Å²) < 4.78 is 5.22. The standard InChI is InChI=1S/C14H18N2O2/c1-10(8-15)9-16(3)12-6-5-7-13(18-4)14(12)11(2)17/h5-7,10H,9H2,1-4H3. The Morgan fingerprint density at radius 1 is 1.56 bits per heavy atom. The fraction of sp³-hybridized carbons (Fsp3) is 0.429. The molecule has 0 saturated carbocycles. The Morgan fingerprint density at radius 3 is 2.72 bits per heavy atom. The molecule has 0 aliphatic carbocycles. The molecular formula is C14H18N2O2. The van der Waals surface area contributed by atoms with Crippen LogP contribution in [-0.4, -0.2) is 26.5 Å². The minimum Gasteiger partial charge on any atom is -0.496 e. The molecule has 1 atom stereocenters. The number of benzene rings is 1. The molecule has 0 bridgehead atoms.